The molecule has 1 aromatic heterocycles. The maximum Gasteiger partial charge on any atom is 0.0656 e. The maximum absolute atomic E-state index is 3.36. The Morgan fingerprint density at radius 2 is 2.15 bits per heavy atom. The van der Waals surface area contributed by atoms with Gasteiger partial charge in [-0.2, -0.15) is 0 Å². The van der Waals surface area contributed by atoms with E-state index in [1.807, 2.05) is 6.20 Å². The van der Waals surface area contributed by atoms with Gasteiger partial charge in [0, 0.05) is 29.3 Å². The number of hydrogen-bond acceptors (Lipinski definition) is 2. The number of benzene rings is 1. The summed E-state index contributed by atoms with van der Waals surface area (Å²) < 4.78 is 0. The van der Waals surface area contributed by atoms with Crippen LogP contribution >= 0.6 is 0 Å². The third-order valence-corrected chi connectivity index (χ3v) is 2.53. The molecule has 1 aliphatic heterocycles. The van der Waals surface area contributed by atoms with Crippen LogP contribution in [0.5, 0.6) is 0 Å². The summed E-state index contributed by atoms with van der Waals surface area (Å²) in [7, 11) is 0. The molecule has 66 valence electrons. The lowest BCUT2D eigenvalue weighted by Gasteiger charge is -2.19. The van der Waals surface area contributed by atoms with Crippen molar-refractivity contribution in [3.8, 4) is 0 Å². The molecule has 0 saturated heterocycles. The number of H-pyrrole nitrogens is 1. The number of fused-ring (bicyclic) bond motifs is 3. The van der Waals surface area contributed by atoms with Crippen LogP contribution in [0.4, 0.5) is 5.69 Å². The number of hydrogen-bond donors (Lipinski definition) is 3. The first kappa shape index (κ1) is 6.97. The highest BCUT2D eigenvalue weighted by Gasteiger charge is 2.10. The lowest BCUT2D eigenvalue weighted by molar-refractivity contribution is 0.711. The minimum Gasteiger partial charge on any atom is -0.372 e. The van der Waals surface area contributed by atoms with Gasteiger partial charge in [0.25, 0.3) is 0 Å². The van der Waals surface area contributed by atoms with Crippen molar-refractivity contribution in [1.82, 2.24) is 10.3 Å². The van der Waals surface area contributed by atoms with Crippen LogP contribution in [0.25, 0.3) is 10.9 Å². The fraction of sp³-hybridized carbons (Fsp3) is 0.200. The van der Waals surface area contributed by atoms with Crippen LogP contribution in [-0.4, -0.2) is 11.7 Å². The van der Waals surface area contributed by atoms with Gasteiger partial charge in [0.2, 0.25) is 0 Å². The Balaban J connectivity index is 2.34. The molecule has 2 heterocycles. The highest BCUT2D eigenvalue weighted by molar-refractivity contribution is 5.94. The van der Waals surface area contributed by atoms with Gasteiger partial charge in [-0.05, 0) is 17.7 Å². The Hall–Kier alpha value is -1.48. The number of aromatic nitrogens is 1. The quantitative estimate of drug-likeness (QED) is 0.566. The molecule has 0 atom stereocenters. The third kappa shape index (κ3) is 0.939. The van der Waals surface area contributed by atoms with Gasteiger partial charge >= 0.3 is 0 Å². The van der Waals surface area contributed by atoms with Crippen LogP contribution in [0.2, 0.25) is 0 Å². The second-order valence-electron chi connectivity index (χ2n) is 3.32. The van der Waals surface area contributed by atoms with Crippen molar-refractivity contribution >= 4 is 16.6 Å². The zero-order valence-electron chi connectivity index (χ0n) is 7.22. The molecule has 0 saturated carbocycles. The van der Waals surface area contributed by atoms with Crippen LogP contribution in [0.1, 0.15) is 5.56 Å². The molecule has 2 aromatic rings. The fourth-order valence-corrected chi connectivity index (χ4v) is 1.88. The van der Waals surface area contributed by atoms with Crippen LogP contribution in [0.15, 0.2) is 24.4 Å². The van der Waals surface area contributed by atoms with E-state index in [2.05, 4.69) is 33.8 Å². The monoisotopic (exact) mass is 173 g/mol. The molecule has 3 rings (SSSR count). The maximum atomic E-state index is 3.36. The highest BCUT2D eigenvalue weighted by Crippen LogP contribution is 2.28. The molecule has 0 unspecified atom stereocenters. The van der Waals surface area contributed by atoms with Crippen molar-refractivity contribution in [2.24, 2.45) is 0 Å². The van der Waals surface area contributed by atoms with E-state index in [0.29, 0.717) is 0 Å². The van der Waals surface area contributed by atoms with E-state index in [-0.39, 0.29) is 0 Å². The van der Waals surface area contributed by atoms with Crippen LogP contribution in [-0.2, 0) is 6.54 Å². The SMILES string of the molecule is c1cc2c3c(ccc2[nH]1)CNCN3. The predicted octanol–water partition coefficient (Wildman–Crippen LogP) is 1.64. The van der Waals surface area contributed by atoms with Gasteiger partial charge in [-0.25, -0.2) is 0 Å². The molecule has 3 nitrogen and oxygen atoms in total. The minimum absolute atomic E-state index is 0.858. The molecule has 3 N–H and O–H groups in total. The summed E-state index contributed by atoms with van der Waals surface area (Å²) in [4.78, 5) is 3.21. The molecule has 0 spiro atoms. The van der Waals surface area contributed by atoms with Crippen molar-refractivity contribution in [3.05, 3.63) is 30.0 Å². The van der Waals surface area contributed by atoms with Gasteiger partial charge in [-0.15, -0.1) is 0 Å². The molecule has 13 heavy (non-hydrogen) atoms. The minimum atomic E-state index is 0.858. The first-order valence-corrected chi connectivity index (χ1v) is 4.49. The molecule has 1 aromatic carbocycles. The zero-order chi connectivity index (χ0) is 8.67. The largest absolute Gasteiger partial charge is 0.372 e. The molecular formula is C10H11N3. The second kappa shape index (κ2) is 2.50. The highest BCUT2D eigenvalue weighted by atomic mass is 15.1. The summed E-state index contributed by atoms with van der Waals surface area (Å²) in [5.41, 5.74) is 3.82. The normalized spacial score (nSPS) is 15.4. The zero-order valence-corrected chi connectivity index (χ0v) is 7.22. The van der Waals surface area contributed by atoms with E-state index in [0.717, 1.165) is 13.2 Å². The Labute approximate surface area is 76.1 Å². The van der Waals surface area contributed by atoms with Gasteiger partial charge in [-0.1, -0.05) is 6.07 Å². The number of rotatable bonds is 0. The lowest BCUT2D eigenvalue weighted by atomic mass is 10.1. The van der Waals surface area contributed by atoms with Crippen molar-refractivity contribution in [2.45, 2.75) is 6.54 Å². The van der Waals surface area contributed by atoms with Crippen molar-refractivity contribution in [3.63, 3.8) is 0 Å². The molecule has 1 aliphatic rings. The van der Waals surface area contributed by atoms with E-state index in [9.17, 15) is 0 Å². The summed E-state index contributed by atoms with van der Waals surface area (Å²) in [5.74, 6) is 0. The Bertz CT molecular complexity index is 444. The molecule has 0 fully saturated rings. The second-order valence-corrected chi connectivity index (χ2v) is 3.32. The summed E-state index contributed by atoms with van der Waals surface area (Å²) in [5, 5.41) is 7.93. The van der Waals surface area contributed by atoms with Crippen molar-refractivity contribution in [1.29, 1.82) is 0 Å². The van der Waals surface area contributed by atoms with Gasteiger partial charge in [0.15, 0.2) is 0 Å². The van der Waals surface area contributed by atoms with Crippen LogP contribution < -0.4 is 10.6 Å². The first-order chi connectivity index (χ1) is 6.45. The molecule has 3 heteroatoms. The van der Waals surface area contributed by atoms with Crippen LogP contribution in [0, 0.1) is 0 Å². The van der Waals surface area contributed by atoms with Gasteiger partial charge in [-0.3, -0.25) is 5.32 Å². The summed E-state index contributed by atoms with van der Waals surface area (Å²) in [6.45, 7) is 1.82. The first-order valence-electron chi connectivity index (χ1n) is 4.49. The van der Waals surface area contributed by atoms with E-state index in [1.54, 1.807) is 0 Å². The topological polar surface area (TPSA) is 39.9 Å². The molecule has 0 aliphatic carbocycles. The van der Waals surface area contributed by atoms with Gasteiger partial charge in [0.05, 0.1) is 6.67 Å². The average Bonchev–Trinajstić information content (AvgIpc) is 2.65. The Morgan fingerprint density at radius 1 is 1.15 bits per heavy atom. The predicted molar refractivity (Wildman–Crippen MR) is 53.6 cm³/mol. The Morgan fingerprint density at radius 3 is 3.15 bits per heavy atom. The summed E-state index contributed by atoms with van der Waals surface area (Å²) >= 11 is 0. The summed E-state index contributed by atoms with van der Waals surface area (Å²) in [6, 6.07) is 6.41. The Kier molecular flexibility index (Phi) is 1.34. The number of nitrogens with one attached hydrogen (secondary N) is 3. The van der Waals surface area contributed by atoms with E-state index >= 15 is 0 Å². The smallest absolute Gasteiger partial charge is 0.0656 e. The van der Waals surface area contributed by atoms with Crippen molar-refractivity contribution < 1.29 is 0 Å². The molecular weight excluding hydrogens is 162 g/mol. The van der Waals surface area contributed by atoms with E-state index < -0.39 is 0 Å². The average molecular weight is 173 g/mol. The van der Waals surface area contributed by atoms with Gasteiger partial charge < -0.3 is 10.3 Å². The van der Waals surface area contributed by atoms with E-state index in [4.69, 9.17) is 0 Å². The molecule has 0 radical (unpaired) electrons. The molecule has 0 amide bonds. The summed E-state index contributed by atoms with van der Waals surface area (Å²) in [6.07, 6.45) is 1.98. The van der Waals surface area contributed by atoms with E-state index in [1.165, 1.54) is 22.2 Å². The standard InChI is InChI=1S/C10H11N3/c1-2-9-8(3-4-12-9)10-7(1)5-11-6-13-10/h1-4,11-13H,5-6H2. The lowest BCUT2D eigenvalue weighted by Crippen LogP contribution is -2.27. The number of aromatic amines is 1. The van der Waals surface area contributed by atoms with Crippen LogP contribution in [0.3, 0.4) is 0 Å². The molecule has 0 bridgehead atoms. The fourth-order valence-electron chi connectivity index (χ4n) is 1.88. The third-order valence-electron chi connectivity index (χ3n) is 2.53. The van der Waals surface area contributed by atoms with Crippen molar-refractivity contribution in [2.75, 3.05) is 12.0 Å². The number of anilines is 1. The van der Waals surface area contributed by atoms with Gasteiger partial charge in [0.1, 0.15) is 0 Å².